The minimum Gasteiger partial charge on any atom is -0.454 e. The lowest BCUT2D eigenvalue weighted by Crippen LogP contribution is -2.16. The second-order valence-corrected chi connectivity index (χ2v) is 10.1. The van der Waals surface area contributed by atoms with Crippen LogP contribution in [0.2, 0.25) is 0 Å². The molecule has 1 fully saturated rings. The second-order valence-electron chi connectivity index (χ2n) is 7.72. The molecule has 2 heterocycles. The number of hydrogen-bond donors (Lipinski definition) is 2. The highest BCUT2D eigenvalue weighted by Gasteiger charge is 2.34. The molecule has 4 aromatic rings. The van der Waals surface area contributed by atoms with Crippen LogP contribution in [0, 0.1) is 10.6 Å². The van der Waals surface area contributed by atoms with Crippen LogP contribution in [0.5, 0.6) is 11.5 Å². The average molecular weight is 437 g/mol. The van der Waals surface area contributed by atoms with Crippen molar-refractivity contribution in [3.63, 3.8) is 0 Å². The molecule has 0 spiro atoms. The Morgan fingerprint density at radius 3 is 2.65 bits per heavy atom. The number of H-pyrrole nitrogens is 1. The lowest BCUT2D eigenvalue weighted by Gasteiger charge is -2.16. The van der Waals surface area contributed by atoms with Gasteiger partial charge in [-0.25, -0.2) is 13.4 Å². The molecule has 6 nitrogen and oxygen atoms in total. The maximum absolute atomic E-state index is 14.3. The minimum atomic E-state index is -2.96. The lowest BCUT2D eigenvalue weighted by atomic mass is 10.0. The zero-order valence-electron chi connectivity index (χ0n) is 16.7. The van der Waals surface area contributed by atoms with Gasteiger partial charge in [-0.15, -0.1) is 0 Å². The van der Waals surface area contributed by atoms with Crippen LogP contribution in [0.15, 0.2) is 70.6 Å². The Hall–Kier alpha value is -3.39. The summed E-state index contributed by atoms with van der Waals surface area (Å²) in [7, 11) is -1.31. The Morgan fingerprint density at radius 2 is 1.90 bits per heavy atom. The molecule has 31 heavy (non-hydrogen) atoms. The highest BCUT2D eigenvalue weighted by molar-refractivity contribution is 7.93. The van der Waals surface area contributed by atoms with Crippen molar-refractivity contribution in [1.29, 1.82) is 4.78 Å². The Morgan fingerprint density at radius 1 is 1.13 bits per heavy atom. The second kappa shape index (κ2) is 7.09. The zero-order chi connectivity index (χ0) is 21.8. The van der Waals surface area contributed by atoms with Gasteiger partial charge < -0.3 is 14.3 Å². The summed E-state index contributed by atoms with van der Waals surface area (Å²) >= 11 is 0. The topological polar surface area (TPSA) is 87.9 Å². The molecule has 158 valence electrons. The van der Waals surface area contributed by atoms with Gasteiger partial charge in [0, 0.05) is 46.1 Å². The molecule has 2 aromatic carbocycles. The molecule has 8 heteroatoms. The van der Waals surface area contributed by atoms with Crippen molar-refractivity contribution in [2.75, 3.05) is 0 Å². The number of aromatic nitrogens is 2. The minimum absolute atomic E-state index is 0.0560. The first-order valence-electron chi connectivity index (χ1n) is 9.87. The molecule has 0 bridgehead atoms. The number of nitrogens with zero attached hydrogens (tertiary/aromatic N) is 1. The normalized spacial score (nSPS) is 15.7. The fourth-order valence-electron chi connectivity index (χ4n) is 3.72. The summed E-state index contributed by atoms with van der Waals surface area (Å²) in [5.41, 5.74) is 1.45. The van der Waals surface area contributed by atoms with Crippen LogP contribution in [0.3, 0.4) is 0 Å². The summed E-state index contributed by atoms with van der Waals surface area (Å²) in [6.45, 7) is 0. The average Bonchev–Trinajstić information content (AvgIpc) is 3.51. The van der Waals surface area contributed by atoms with Crippen molar-refractivity contribution in [3.05, 3.63) is 77.1 Å². The van der Waals surface area contributed by atoms with Crippen LogP contribution in [0.1, 0.15) is 12.8 Å². The van der Waals surface area contributed by atoms with E-state index in [1.54, 1.807) is 55.8 Å². The van der Waals surface area contributed by atoms with Gasteiger partial charge in [-0.2, -0.15) is 0 Å². The van der Waals surface area contributed by atoms with Crippen molar-refractivity contribution in [3.8, 4) is 22.6 Å². The third-order valence-electron chi connectivity index (χ3n) is 5.54. The Kier molecular flexibility index (Phi) is 4.48. The van der Waals surface area contributed by atoms with E-state index in [0.29, 0.717) is 32.7 Å². The maximum atomic E-state index is 14.3. The maximum Gasteiger partial charge on any atom is 0.274 e. The highest BCUT2D eigenvalue weighted by Crippen LogP contribution is 2.41. The molecule has 2 aromatic heterocycles. The van der Waals surface area contributed by atoms with Crippen molar-refractivity contribution in [2.24, 2.45) is 7.05 Å². The number of fused-ring (bicyclic) bond motifs is 1. The Bertz CT molecular complexity index is 1480. The molecule has 1 aliphatic rings. The Labute approximate surface area is 178 Å². The third-order valence-corrected chi connectivity index (χ3v) is 7.90. The van der Waals surface area contributed by atoms with Crippen molar-refractivity contribution < 1.29 is 13.3 Å². The summed E-state index contributed by atoms with van der Waals surface area (Å²) in [4.78, 5) is 15.9. The number of aromatic amines is 1. The molecule has 0 amide bonds. The molecule has 1 saturated carbocycles. The summed E-state index contributed by atoms with van der Waals surface area (Å²) in [5.74, 6) is -0.103. The van der Waals surface area contributed by atoms with Crippen molar-refractivity contribution >= 4 is 20.6 Å². The Balaban J connectivity index is 1.75. The van der Waals surface area contributed by atoms with Gasteiger partial charge in [-0.05, 0) is 49.2 Å². The molecule has 0 aliphatic heterocycles. The zero-order valence-corrected chi connectivity index (χ0v) is 17.5. The van der Waals surface area contributed by atoms with Crippen LogP contribution >= 0.6 is 0 Å². The molecule has 1 unspecified atom stereocenters. The van der Waals surface area contributed by atoms with E-state index in [0.717, 1.165) is 12.8 Å². The van der Waals surface area contributed by atoms with E-state index in [9.17, 15) is 13.4 Å². The summed E-state index contributed by atoms with van der Waals surface area (Å²) in [5, 5.41) is 0.521. The highest BCUT2D eigenvalue weighted by atomic mass is 32.2. The largest absolute Gasteiger partial charge is 0.454 e. The number of hydrogen-bond acceptors (Lipinski definition) is 4. The molecule has 1 aliphatic carbocycles. The third kappa shape index (κ3) is 3.33. The number of benzene rings is 2. The predicted octanol–water partition coefficient (Wildman–Crippen LogP) is 5.03. The molecule has 0 radical (unpaired) electrons. The van der Waals surface area contributed by atoms with Crippen LogP contribution in [-0.2, 0) is 16.8 Å². The first kappa shape index (κ1) is 19.6. The lowest BCUT2D eigenvalue weighted by molar-refractivity contribution is 0.443. The molecular formula is C23H20FN3O3S. The number of rotatable bonds is 5. The number of ether oxygens (including phenoxy) is 1. The molecule has 5 rings (SSSR count). The van der Waals surface area contributed by atoms with E-state index in [1.165, 1.54) is 16.7 Å². The predicted molar refractivity (Wildman–Crippen MR) is 118 cm³/mol. The van der Waals surface area contributed by atoms with Gasteiger partial charge in [0.2, 0.25) is 0 Å². The van der Waals surface area contributed by atoms with E-state index in [2.05, 4.69) is 4.98 Å². The molecule has 0 saturated heterocycles. The fourth-order valence-corrected chi connectivity index (χ4v) is 5.47. The van der Waals surface area contributed by atoms with Gasteiger partial charge in [0.05, 0.1) is 9.73 Å². The number of halogens is 1. The van der Waals surface area contributed by atoms with Crippen LogP contribution in [0.4, 0.5) is 4.39 Å². The summed E-state index contributed by atoms with van der Waals surface area (Å²) < 4.78 is 43.2. The summed E-state index contributed by atoms with van der Waals surface area (Å²) in [6.07, 6.45) is 4.89. The van der Waals surface area contributed by atoms with Gasteiger partial charge >= 0.3 is 0 Å². The standard InChI is InChI=1S/C23H20FN3O3S/c1-27-13-18(16-10-11-26-22(16)23(27)28)17-12-15(31(25,29)14-6-7-14)8-9-20(17)30-21-5-3-2-4-19(21)24/h2-5,8-14,25-26H,6-7H2,1H3. The number of nitrogens with one attached hydrogen (secondary N) is 2. The van der Waals surface area contributed by atoms with Gasteiger partial charge in [0.25, 0.3) is 5.56 Å². The quantitative estimate of drug-likeness (QED) is 0.459. The number of aryl methyl sites for hydroxylation is 1. The van der Waals surface area contributed by atoms with Gasteiger partial charge in [-0.1, -0.05) is 12.1 Å². The van der Waals surface area contributed by atoms with E-state index in [-0.39, 0.29) is 16.6 Å². The van der Waals surface area contributed by atoms with E-state index in [4.69, 9.17) is 9.52 Å². The number of pyridine rings is 1. The van der Waals surface area contributed by atoms with Gasteiger partial charge in [0.1, 0.15) is 11.3 Å². The van der Waals surface area contributed by atoms with E-state index >= 15 is 0 Å². The first-order valence-corrected chi connectivity index (χ1v) is 11.5. The van der Waals surface area contributed by atoms with Crippen molar-refractivity contribution in [1.82, 2.24) is 9.55 Å². The van der Waals surface area contributed by atoms with Crippen LogP contribution < -0.4 is 10.3 Å². The van der Waals surface area contributed by atoms with Gasteiger partial charge in [0.15, 0.2) is 11.6 Å². The van der Waals surface area contributed by atoms with Crippen molar-refractivity contribution in [2.45, 2.75) is 23.0 Å². The fraction of sp³-hybridized carbons (Fsp3) is 0.174. The monoisotopic (exact) mass is 437 g/mol. The first-order chi connectivity index (χ1) is 14.9. The summed E-state index contributed by atoms with van der Waals surface area (Å²) in [6, 6.07) is 12.8. The van der Waals surface area contributed by atoms with E-state index < -0.39 is 15.5 Å². The van der Waals surface area contributed by atoms with Crippen LogP contribution in [0.25, 0.3) is 22.0 Å². The van der Waals surface area contributed by atoms with E-state index in [1.807, 2.05) is 0 Å². The molecule has 1 atom stereocenters. The molecule has 2 N–H and O–H groups in total. The molecular weight excluding hydrogens is 417 g/mol. The van der Waals surface area contributed by atoms with Gasteiger partial charge in [-0.3, -0.25) is 4.79 Å². The number of para-hydroxylation sites is 1. The van der Waals surface area contributed by atoms with Crippen LogP contribution in [-0.4, -0.2) is 19.0 Å². The smallest absolute Gasteiger partial charge is 0.274 e. The SMILES string of the molecule is Cn1cc(-c2cc(S(=N)(=O)C3CC3)ccc2Oc2ccccc2F)c2cc[nH]c2c1=O.